The fourth-order valence-electron chi connectivity index (χ4n) is 2.07. The SMILES string of the molecule is CNC(Cc1ccc(Cl)cc1F)c1cc(Br)cc(Br)c1. The average molecular weight is 422 g/mol. The quantitative estimate of drug-likeness (QED) is 0.687. The first-order valence-corrected chi connectivity index (χ1v) is 8.03. The van der Waals surface area contributed by atoms with E-state index in [9.17, 15) is 4.39 Å². The molecular formula is C15H13Br2ClFN. The van der Waals surface area contributed by atoms with Gasteiger partial charge in [-0.15, -0.1) is 0 Å². The average Bonchev–Trinajstić information content (AvgIpc) is 2.36. The first kappa shape index (κ1) is 16.0. The van der Waals surface area contributed by atoms with Crippen molar-refractivity contribution in [1.82, 2.24) is 5.32 Å². The molecular weight excluding hydrogens is 408 g/mol. The molecule has 0 aliphatic rings. The van der Waals surface area contributed by atoms with Crippen molar-refractivity contribution in [3.63, 3.8) is 0 Å². The Morgan fingerprint density at radius 2 is 1.80 bits per heavy atom. The molecule has 0 fully saturated rings. The van der Waals surface area contributed by atoms with Gasteiger partial charge in [0.05, 0.1) is 0 Å². The second-order valence-electron chi connectivity index (χ2n) is 4.48. The number of halogens is 4. The summed E-state index contributed by atoms with van der Waals surface area (Å²) in [6, 6.07) is 10.8. The van der Waals surface area contributed by atoms with Crippen LogP contribution in [0.25, 0.3) is 0 Å². The third-order valence-corrected chi connectivity index (χ3v) is 4.23. The van der Waals surface area contributed by atoms with Crippen LogP contribution in [0.2, 0.25) is 5.02 Å². The lowest BCUT2D eigenvalue weighted by Crippen LogP contribution is -2.19. The molecule has 1 nitrogen and oxygen atoms in total. The van der Waals surface area contributed by atoms with Crippen molar-refractivity contribution < 1.29 is 4.39 Å². The molecule has 0 spiro atoms. The molecule has 2 aromatic carbocycles. The molecule has 106 valence electrons. The van der Waals surface area contributed by atoms with Crippen LogP contribution in [0.3, 0.4) is 0 Å². The molecule has 0 amide bonds. The van der Waals surface area contributed by atoms with E-state index < -0.39 is 0 Å². The molecule has 0 aliphatic carbocycles. The van der Waals surface area contributed by atoms with E-state index >= 15 is 0 Å². The van der Waals surface area contributed by atoms with E-state index in [0.717, 1.165) is 14.5 Å². The molecule has 2 rings (SSSR count). The molecule has 20 heavy (non-hydrogen) atoms. The Morgan fingerprint density at radius 3 is 2.35 bits per heavy atom. The van der Waals surface area contributed by atoms with E-state index in [1.165, 1.54) is 6.07 Å². The number of rotatable bonds is 4. The van der Waals surface area contributed by atoms with Gasteiger partial charge < -0.3 is 5.32 Å². The third kappa shape index (κ3) is 4.04. The Hall–Kier alpha value is -0.420. The van der Waals surface area contributed by atoms with E-state index in [4.69, 9.17) is 11.6 Å². The minimum Gasteiger partial charge on any atom is -0.313 e. The molecule has 0 saturated carbocycles. The Labute approximate surface area is 139 Å². The van der Waals surface area contributed by atoms with Crippen molar-refractivity contribution in [3.05, 3.63) is 67.3 Å². The van der Waals surface area contributed by atoms with Gasteiger partial charge in [-0.3, -0.25) is 0 Å². The molecule has 0 saturated heterocycles. The highest BCUT2D eigenvalue weighted by molar-refractivity contribution is 9.11. The fraction of sp³-hybridized carbons (Fsp3) is 0.200. The van der Waals surface area contributed by atoms with Gasteiger partial charge >= 0.3 is 0 Å². The minimum atomic E-state index is -0.271. The van der Waals surface area contributed by atoms with E-state index in [2.05, 4.69) is 37.2 Å². The van der Waals surface area contributed by atoms with E-state index in [1.807, 2.05) is 25.2 Å². The molecule has 5 heteroatoms. The number of hydrogen-bond acceptors (Lipinski definition) is 1. The van der Waals surface area contributed by atoms with Crippen molar-refractivity contribution in [2.45, 2.75) is 12.5 Å². The summed E-state index contributed by atoms with van der Waals surface area (Å²) >= 11 is 12.7. The lowest BCUT2D eigenvalue weighted by Gasteiger charge is -2.18. The van der Waals surface area contributed by atoms with Gasteiger partial charge in [-0.05, 0) is 54.9 Å². The van der Waals surface area contributed by atoms with Crippen molar-refractivity contribution in [3.8, 4) is 0 Å². The van der Waals surface area contributed by atoms with Gasteiger partial charge in [0.15, 0.2) is 0 Å². The summed E-state index contributed by atoms with van der Waals surface area (Å²) in [7, 11) is 1.87. The van der Waals surface area contributed by atoms with E-state index in [0.29, 0.717) is 17.0 Å². The molecule has 0 heterocycles. The van der Waals surface area contributed by atoms with E-state index in [-0.39, 0.29) is 11.9 Å². The summed E-state index contributed by atoms with van der Waals surface area (Å²) in [5, 5.41) is 3.64. The van der Waals surface area contributed by atoms with Crippen LogP contribution in [-0.2, 0) is 6.42 Å². The van der Waals surface area contributed by atoms with Gasteiger partial charge in [-0.25, -0.2) is 4.39 Å². The summed E-state index contributed by atoms with van der Waals surface area (Å²) in [6.07, 6.45) is 0.558. The van der Waals surface area contributed by atoms with Crippen molar-refractivity contribution in [2.24, 2.45) is 0 Å². The van der Waals surface area contributed by atoms with Gasteiger partial charge in [0.25, 0.3) is 0 Å². The van der Waals surface area contributed by atoms with Crippen LogP contribution in [0.4, 0.5) is 4.39 Å². The van der Waals surface area contributed by atoms with E-state index in [1.54, 1.807) is 12.1 Å². The minimum absolute atomic E-state index is 0.0273. The zero-order valence-electron chi connectivity index (χ0n) is 10.8. The van der Waals surface area contributed by atoms with Crippen molar-refractivity contribution in [1.29, 1.82) is 0 Å². The maximum atomic E-state index is 13.9. The summed E-state index contributed by atoms with van der Waals surface area (Å²) in [5.41, 5.74) is 1.73. The molecule has 1 unspecified atom stereocenters. The fourth-order valence-corrected chi connectivity index (χ4v) is 3.56. The van der Waals surface area contributed by atoms with Gasteiger partial charge in [0.1, 0.15) is 5.82 Å². The number of hydrogen-bond donors (Lipinski definition) is 1. The molecule has 1 atom stereocenters. The van der Waals surface area contributed by atoms with Gasteiger partial charge in [-0.2, -0.15) is 0 Å². The molecule has 0 radical (unpaired) electrons. The number of benzene rings is 2. The number of nitrogens with one attached hydrogen (secondary N) is 1. The van der Waals surface area contributed by atoms with Crippen LogP contribution in [-0.4, -0.2) is 7.05 Å². The monoisotopic (exact) mass is 419 g/mol. The highest BCUT2D eigenvalue weighted by atomic mass is 79.9. The largest absolute Gasteiger partial charge is 0.313 e. The summed E-state index contributed by atoms with van der Waals surface area (Å²) in [4.78, 5) is 0. The Bertz CT molecular complexity index is 599. The Balaban J connectivity index is 2.28. The zero-order valence-corrected chi connectivity index (χ0v) is 14.7. The third-order valence-electron chi connectivity index (χ3n) is 3.07. The number of likely N-dealkylation sites (N-methyl/N-ethyl adjacent to an activating group) is 1. The summed E-state index contributed by atoms with van der Waals surface area (Å²) < 4.78 is 15.9. The van der Waals surface area contributed by atoms with Crippen molar-refractivity contribution >= 4 is 43.5 Å². The topological polar surface area (TPSA) is 12.0 Å². The first-order valence-electron chi connectivity index (χ1n) is 6.07. The van der Waals surface area contributed by atoms with Crippen LogP contribution in [0.5, 0.6) is 0 Å². The molecule has 0 bridgehead atoms. The summed E-state index contributed by atoms with van der Waals surface area (Å²) in [6.45, 7) is 0. The van der Waals surface area contributed by atoms with Gasteiger partial charge in [0.2, 0.25) is 0 Å². The van der Waals surface area contributed by atoms with Gasteiger partial charge in [-0.1, -0.05) is 49.5 Å². The standard InChI is InChI=1S/C15H13Br2ClFN/c1-20-15(10-4-11(16)7-12(17)5-10)6-9-2-3-13(18)8-14(9)19/h2-5,7-8,15,20H,6H2,1H3. The maximum Gasteiger partial charge on any atom is 0.127 e. The van der Waals surface area contributed by atoms with Crippen LogP contribution in [0, 0.1) is 5.82 Å². The Morgan fingerprint density at radius 1 is 1.15 bits per heavy atom. The Kier molecular flexibility index (Phi) is 5.61. The highest BCUT2D eigenvalue weighted by Crippen LogP contribution is 2.27. The van der Waals surface area contributed by atoms with Crippen LogP contribution >= 0.6 is 43.5 Å². The maximum absolute atomic E-state index is 13.9. The predicted molar refractivity (Wildman–Crippen MR) is 88.8 cm³/mol. The lowest BCUT2D eigenvalue weighted by molar-refractivity contribution is 0.554. The second-order valence-corrected chi connectivity index (χ2v) is 6.75. The smallest absolute Gasteiger partial charge is 0.127 e. The molecule has 2 aromatic rings. The normalized spacial score (nSPS) is 12.4. The second kappa shape index (κ2) is 7.03. The van der Waals surface area contributed by atoms with Crippen LogP contribution in [0.1, 0.15) is 17.2 Å². The predicted octanol–water partition coefficient (Wildman–Crippen LogP) is 5.51. The van der Waals surface area contributed by atoms with Gasteiger partial charge in [0, 0.05) is 20.0 Å². The molecule has 0 aliphatic heterocycles. The zero-order chi connectivity index (χ0) is 14.7. The summed E-state index contributed by atoms with van der Waals surface area (Å²) in [5.74, 6) is -0.271. The lowest BCUT2D eigenvalue weighted by atomic mass is 9.99. The van der Waals surface area contributed by atoms with Crippen molar-refractivity contribution in [2.75, 3.05) is 7.05 Å². The van der Waals surface area contributed by atoms with Crippen LogP contribution in [0.15, 0.2) is 45.3 Å². The first-order chi connectivity index (χ1) is 9.49. The molecule has 0 aromatic heterocycles. The molecule has 1 N–H and O–H groups in total. The van der Waals surface area contributed by atoms with Crippen LogP contribution < -0.4 is 5.32 Å². The highest BCUT2D eigenvalue weighted by Gasteiger charge is 2.14.